The third-order valence-corrected chi connectivity index (χ3v) is 6.08. The first kappa shape index (κ1) is 25.7. The third-order valence-electron chi connectivity index (χ3n) is 6.08. The van der Waals surface area contributed by atoms with Gasteiger partial charge in [0.25, 0.3) is 0 Å². The molecule has 1 aliphatic rings. The number of aryl methyl sites for hydroxylation is 1. The average molecular weight is 433 g/mol. The van der Waals surface area contributed by atoms with Crippen molar-refractivity contribution < 1.29 is 19.4 Å². The Bertz CT molecular complexity index is 651. The van der Waals surface area contributed by atoms with Gasteiger partial charge >= 0.3 is 5.97 Å². The van der Waals surface area contributed by atoms with Gasteiger partial charge in [0.1, 0.15) is 11.3 Å². The molecule has 1 atom stereocenters. The first-order valence-corrected chi connectivity index (χ1v) is 12.6. The molecule has 31 heavy (non-hydrogen) atoms. The Morgan fingerprint density at radius 2 is 1.32 bits per heavy atom. The number of aliphatic hydroxyl groups is 1. The van der Waals surface area contributed by atoms with E-state index in [-0.39, 0.29) is 12.1 Å². The fourth-order valence-electron chi connectivity index (χ4n) is 4.36. The number of hydrogen-bond acceptors (Lipinski definition) is 4. The van der Waals surface area contributed by atoms with Gasteiger partial charge in [0.05, 0.1) is 6.10 Å². The largest absolute Gasteiger partial charge is 0.452 e. The summed E-state index contributed by atoms with van der Waals surface area (Å²) >= 11 is 0. The number of hydrogen-bond donors (Lipinski definition) is 1. The van der Waals surface area contributed by atoms with E-state index in [2.05, 4.69) is 0 Å². The SMILES string of the molecule is C[C@@H](O)CCCCCCCCCCCCCCCc1cccc2c1C(=O)OC(C)(C)O2. The molecule has 0 spiro atoms. The lowest BCUT2D eigenvalue weighted by atomic mass is 9.98. The molecule has 0 bridgehead atoms. The molecule has 1 heterocycles. The molecule has 1 aliphatic heterocycles. The van der Waals surface area contributed by atoms with Crippen LogP contribution in [0.15, 0.2) is 18.2 Å². The highest BCUT2D eigenvalue weighted by atomic mass is 16.7. The Labute approximate surface area is 189 Å². The van der Waals surface area contributed by atoms with Crippen molar-refractivity contribution in [1.29, 1.82) is 0 Å². The lowest BCUT2D eigenvalue weighted by molar-refractivity contribution is -0.127. The number of unbranched alkanes of at least 4 members (excludes halogenated alkanes) is 12. The summed E-state index contributed by atoms with van der Waals surface area (Å²) in [4.78, 5) is 12.4. The van der Waals surface area contributed by atoms with Crippen LogP contribution in [0.4, 0.5) is 0 Å². The van der Waals surface area contributed by atoms with Crippen molar-refractivity contribution in [2.24, 2.45) is 0 Å². The summed E-state index contributed by atoms with van der Waals surface area (Å²) in [5.74, 6) is -0.498. The number of fused-ring (bicyclic) bond motifs is 1. The molecule has 2 rings (SSSR count). The Morgan fingerprint density at radius 3 is 1.87 bits per heavy atom. The minimum absolute atomic E-state index is 0.135. The first-order valence-electron chi connectivity index (χ1n) is 12.6. The topological polar surface area (TPSA) is 55.8 Å². The van der Waals surface area contributed by atoms with Gasteiger partial charge in [-0.05, 0) is 37.8 Å². The molecule has 0 amide bonds. The van der Waals surface area contributed by atoms with Crippen molar-refractivity contribution in [1.82, 2.24) is 0 Å². The summed E-state index contributed by atoms with van der Waals surface area (Å²) in [6.07, 6.45) is 18.5. The van der Waals surface area contributed by atoms with Crippen LogP contribution in [0.5, 0.6) is 5.75 Å². The molecule has 176 valence electrons. The van der Waals surface area contributed by atoms with E-state index in [1.54, 1.807) is 13.8 Å². The second-order valence-corrected chi connectivity index (χ2v) is 9.67. The van der Waals surface area contributed by atoms with Crippen LogP contribution >= 0.6 is 0 Å². The summed E-state index contributed by atoms with van der Waals surface area (Å²) in [7, 11) is 0. The van der Waals surface area contributed by atoms with Crippen LogP contribution in [0.2, 0.25) is 0 Å². The van der Waals surface area contributed by atoms with Crippen LogP contribution in [0.3, 0.4) is 0 Å². The highest BCUT2D eigenvalue weighted by molar-refractivity contribution is 5.95. The Balaban J connectivity index is 1.47. The molecule has 4 heteroatoms. The van der Waals surface area contributed by atoms with Gasteiger partial charge in [-0.1, -0.05) is 89.2 Å². The molecule has 0 saturated heterocycles. The lowest BCUT2D eigenvalue weighted by Gasteiger charge is -2.32. The number of esters is 1. The average Bonchev–Trinajstić information content (AvgIpc) is 2.69. The number of benzene rings is 1. The number of carbonyl (C=O) groups excluding carboxylic acids is 1. The van der Waals surface area contributed by atoms with Gasteiger partial charge in [-0.2, -0.15) is 0 Å². The molecule has 1 aromatic rings. The van der Waals surface area contributed by atoms with Crippen LogP contribution < -0.4 is 4.74 Å². The molecular formula is C27H44O4. The van der Waals surface area contributed by atoms with Crippen molar-refractivity contribution in [3.8, 4) is 5.75 Å². The van der Waals surface area contributed by atoms with Crippen LogP contribution in [0, 0.1) is 0 Å². The fourth-order valence-corrected chi connectivity index (χ4v) is 4.36. The van der Waals surface area contributed by atoms with E-state index < -0.39 is 5.79 Å². The van der Waals surface area contributed by atoms with Gasteiger partial charge in [-0.3, -0.25) is 0 Å². The van der Waals surface area contributed by atoms with Gasteiger partial charge in [-0.15, -0.1) is 0 Å². The molecule has 0 radical (unpaired) electrons. The van der Waals surface area contributed by atoms with E-state index in [1.165, 1.54) is 77.0 Å². The zero-order valence-corrected chi connectivity index (χ0v) is 20.1. The van der Waals surface area contributed by atoms with Crippen LogP contribution in [-0.4, -0.2) is 23.0 Å². The van der Waals surface area contributed by atoms with E-state index in [4.69, 9.17) is 9.47 Å². The minimum atomic E-state index is -0.887. The maximum Gasteiger partial charge on any atom is 0.345 e. The zero-order chi connectivity index (χ0) is 22.5. The smallest absolute Gasteiger partial charge is 0.345 e. The van der Waals surface area contributed by atoms with Gasteiger partial charge in [0, 0.05) is 13.8 Å². The molecule has 0 aliphatic carbocycles. The van der Waals surface area contributed by atoms with Crippen LogP contribution in [0.1, 0.15) is 127 Å². The number of aliphatic hydroxyl groups excluding tert-OH is 1. The standard InChI is InChI=1S/C27H44O4/c1-22(28)18-15-13-11-9-7-5-4-6-8-10-12-14-16-19-23-20-17-21-24-25(23)26(29)31-27(2,3)30-24/h17,20-22,28H,4-16,18-19H2,1-3H3/t22-/m1/s1. The van der Waals surface area contributed by atoms with E-state index in [0.29, 0.717) is 11.3 Å². The molecule has 0 unspecified atom stereocenters. The monoisotopic (exact) mass is 432 g/mol. The van der Waals surface area contributed by atoms with Gasteiger partial charge in [-0.25, -0.2) is 4.79 Å². The van der Waals surface area contributed by atoms with E-state index in [9.17, 15) is 9.90 Å². The van der Waals surface area contributed by atoms with Crippen molar-refractivity contribution >= 4 is 5.97 Å². The summed E-state index contributed by atoms with van der Waals surface area (Å²) in [6, 6.07) is 5.85. The summed E-state index contributed by atoms with van der Waals surface area (Å²) in [5, 5.41) is 9.24. The molecule has 0 aromatic heterocycles. The van der Waals surface area contributed by atoms with E-state index in [1.807, 2.05) is 25.1 Å². The van der Waals surface area contributed by atoms with Crippen molar-refractivity contribution in [2.75, 3.05) is 0 Å². The minimum Gasteiger partial charge on any atom is -0.452 e. The molecule has 1 aromatic carbocycles. The van der Waals surface area contributed by atoms with E-state index >= 15 is 0 Å². The second-order valence-electron chi connectivity index (χ2n) is 9.67. The highest BCUT2D eigenvalue weighted by Crippen LogP contribution is 2.33. The Kier molecular flexibility index (Phi) is 11.4. The molecule has 0 saturated carbocycles. The third kappa shape index (κ3) is 10.1. The maximum atomic E-state index is 12.4. The predicted molar refractivity (Wildman–Crippen MR) is 127 cm³/mol. The first-order chi connectivity index (χ1) is 14.9. The van der Waals surface area contributed by atoms with Gasteiger partial charge in [0.2, 0.25) is 5.79 Å². The van der Waals surface area contributed by atoms with Crippen molar-refractivity contribution in [2.45, 2.75) is 129 Å². The number of rotatable bonds is 16. The maximum absolute atomic E-state index is 12.4. The molecule has 4 nitrogen and oxygen atoms in total. The summed E-state index contributed by atoms with van der Waals surface area (Å²) in [5.41, 5.74) is 1.66. The normalized spacial score (nSPS) is 15.8. The summed E-state index contributed by atoms with van der Waals surface area (Å²) in [6.45, 7) is 5.41. The van der Waals surface area contributed by atoms with Gasteiger partial charge < -0.3 is 14.6 Å². The lowest BCUT2D eigenvalue weighted by Crippen LogP contribution is -2.39. The van der Waals surface area contributed by atoms with E-state index in [0.717, 1.165) is 24.8 Å². The Hall–Kier alpha value is -1.55. The van der Waals surface area contributed by atoms with Gasteiger partial charge in [0.15, 0.2) is 0 Å². The molecule has 1 N–H and O–H groups in total. The quantitative estimate of drug-likeness (QED) is 0.219. The second kappa shape index (κ2) is 13.8. The van der Waals surface area contributed by atoms with Crippen LogP contribution in [-0.2, 0) is 11.2 Å². The summed E-state index contributed by atoms with van der Waals surface area (Å²) < 4.78 is 11.2. The fraction of sp³-hybridized carbons (Fsp3) is 0.741. The zero-order valence-electron chi connectivity index (χ0n) is 20.1. The Morgan fingerprint density at radius 1 is 0.806 bits per heavy atom. The number of carbonyl (C=O) groups is 1. The van der Waals surface area contributed by atoms with Crippen LogP contribution in [0.25, 0.3) is 0 Å². The van der Waals surface area contributed by atoms with Crippen molar-refractivity contribution in [3.63, 3.8) is 0 Å². The predicted octanol–water partition coefficient (Wildman–Crippen LogP) is 7.36. The number of cyclic esters (lactones) is 1. The number of ether oxygens (including phenoxy) is 2. The van der Waals surface area contributed by atoms with Crippen molar-refractivity contribution in [3.05, 3.63) is 29.3 Å². The highest BCUT2D eigenvalue weighted by Gasteiger charge is 2.35. The molecular weight excluding hydrogens is 388 g/mol. The molecule has 0 fully saturated rings.